The summed E-state index contributed by atoms with van der Waals surface area (Å²) in [4.78, 5) is 11.2. The molecule has 0 aliphatic carbocycles. The molecule has 1 aromatic rings. The number of carboxylic acid groups (broad SMARTS) is 1. The molecule has 4 nitrogen and oxygen atoms in total. The molecule has 0 aromatic heterocycles. The maximum atomic E-state index is 11.2. The SMILES string of the molecule is CC1(C)COB(c2ccccc2C(=O)O)OC1(C)C. The summed E-state index contributed by atoms with van der Waals surface area (Å²) < 4.78 is 11.7. The maximum absolute atomic E-state index is 11.2. The predicted molar refractivity (Wildman–Crippen MR) is 73.7 cm³/mol. The maximum Gasteiger partial charge on any atom is 0.495 e. The zero-order chi connectivity index (χ0) is 14.3. The zero-order valence-electron chi connectivity index (χ0n) is 11.8. The fourth-order valence-electron chi connectivity index (χ4n) is 1.97. The minimum atomic E-state index is -0.967. The molecule has 2 rings (SSSR count). The Balaban J connectivity index is 2.33. The molecular weight excluding hydrogens is 243 g/mol. The first-order valence-electron chi connectivity index (χ1n) is 6.36. The number of hydrogen-bond acceptors (Lipinski definition) is 3. The van der Waals surface area contributed by atoms with Crippen LogP contribution in [0.4, 0.5) is 0 Å². The summed E-state index contributed by atoms with van der Waals surface area (Å²) >= 11 is 0. The van der Waals surface area contributed by atoms with Crippen molar-refractivity contribution < 1.29 is 19.2 Å². The number of carbonyl (C=O) groups is 1. The van der Waals surface area contributed by atoms with Gasteiger partial charge < -0.3 is 14.4 Å². The summed E-state index contributed by atoms with van der Waals surface area (Å²) in [7, 11) is -0.629. The predicted octanol–water partition coefficient (Wildman–Crippen LogP) is 1.93. The number of hydrogen-bond donors (Lipinski definition) is 1. The quantitative estimate of drug-likeness (QED) is 0.827. The van der Waals surface area contributed by atoms with Crippen LogP contribution >= 0.6 is 0 Å². The van der Waals surface area contributed by atoms with Crippen molar-refractivity contribution in [3.05, 3.63) is 29.8 Å². The van der Waals surface area contributed by atoms with Crippen molar-refractivity contribution in [2.75, 3.05) is 6.61 Å². The van der Waals surface area contributed by atoms with Gasteiger partial charge in [0, 0.05) is 12.0 Å². The lowest BCUT2D eigenvalue weighted by atomic mass is 9.68. The van der Waals surface area contributed by atoms with Crippen LogP contribution in [0.15, 0.2) is 24.3 Å². The van der Waals surface area contributed by atoms with E-state index in [-0.39, 0.29) is 16.6 Å². The number of benzene rings is 1. The van der Waals surface area contributed by atoms with Crippen molar-refractivity contribution in [2.24, 2.45) is 5.41 Å². The van der Waals surface area contributed by atoms with Gasteiger partial charge in [0.15, 0.2) is 0 Å². The lowest BCUT2D eigenvalue weighted by molar-refractivity contribution is -0.0937. The van der Waals surface area contributed by atoms with E-state index in [9.17, 15) is 9.90 Å². The van der Waals surface area contributed by atoms with Crippen molar-refractivity contribution in [3.63, 3.8) is 0 Å². The van der Waals surface area contributed by atoms with Crippen LogP contribution in [0.1, 0.15) is 38.1 Å². The fraction of sp³-hybridized carbons (Fsp3) is 0.500. The topological polar surface area (TPSA) is 55.8 Å². The van der Waals surface area contributed by atoms with Gasteiger partial charge in [-0.05, 0) is 25.4 Å². The summed E-state index contributed by atoms with van der Waals surface area (Å²) in [6.07, 6.45) is 0. The molecular formula is C14H19BO4. The molecule has 1 fully saturated rings. The van der Waals surface area contributed by atoms with Crippen molar-refractivity contribution in [3.8, 4) is 0 Å². The first kappa shape index (κ1) is 14.1. The molecule has 0 bridgehead atoms. The van der Waals surface area contributed by atoms with Crippen LogP contribution in [-0.4, -0.2) is 30.4 Å². The molecule has 0 spiro atoms. The third-order valence-corrected chi connectivity index (χ3v) is 4.07. The second-order valence-electron chi connectivity index (χ2n) is 6.05. The van der Waals surface area contributed by atoms with E-state index in [1.807, 2.05) is 13.8 Å². The third-order valence-electron chi connectivity index (χ3n) is 4.07. The van der Waals surface area contributed by atoms with Gasteiger partial charge in [-0.25, -0.2) is 4.79 Å². The molecule has 1 aliphatic rings. The van der Waals surface area contributed by atoms with Gasteiger partial charge in [0.2, 0.25) is 0 Å². The van der Waals surface area contributed by atoms with Crippen LogP contribution < -0.4 is 5.46 Å². The van der Waals surface area contributed by atoms with Crippen LogP contribution in [0.5, 0.6) is 0 Å². The fourth-order valence-corrected chi connectivity index (χ4v) is 1.97. The Morgan fingerprint density at radius 2 is 1.89 bits per heavy atom. The molecule has 0 atom stereocenters. The average Bonchev–Trinajstić information content (AvgIpc) is 2.33. The Bertz CT molecular complexity index is 496. The molecule has 0 unspecified atom stereocenters. The molecule has 1 aliphatic heterocycles. The molecule has 1 heterocycles. The van der Waals surface area contributed by atoms with E-state index in [2.05, 4.69) is 13.8 Å². The number of rotatable bonds is 2. The second-order valence-corrected chi connectivity index (χ2v) is 6.05. The van der Waals surface area contributed by atoms with Crippen LogP contribution in [0.25, 0.3) is 0 Å². The van der Waals surface area contributed by atoms with Crippen LogP contribution in [0, 0.1) is 5.41 Å². The van der Waals surface area contributed by atoms with E-state index < -0.39 is 13.1 Å². The highest BCUT2D eigenvalue weighted by Gasteiger charge is 2.47. The van der Waals surface area contributed by atoms with Crippen LogP contribution in [0.3, 0.4) is 0 Å². The van der Waals surface area contributed by atoms with E-state index in [0.717, 1.165) is 0 Å². The molecule has 0 amide bonds. The highest BCUT2D eigenvalue weighted by Crippen LogP contribution is 2.38. The highest BCUT2D eigenvalue weighted by molar-refractivity contribution is 6.63. The number of aromatic carboxylic acids is 1. The van der Waals surface area contributed by atoms with Crippen LogP contribution in [0.2, 0.25) is 0 Å². The van der Waals surface area contributed by atoms with E-state index >= 15 is 0 Å². The van der Waals surface area contributed by atoms with Gasteiger partial charge in [-0.2, -0.15) is 0 Å². The van der Waals surface area contributed by atoms with Gasteiger partial charge in [0.25, 0.3) is 0 Å². The van der Waals surface area contributed by atoms with Crippen molar-refractivity contribution in [2.45, 2.75) is 33.3 Å². The normalized spacial score (nSPS) is 21.2. The molecule has 1 N–H and O–H groups in total. The standard InChI is InChI=1S/C14H19BO4/c1-13(2)9-18-15(19-14(13,3)4)11-8-6-5-7-10(11)12(16)17/h5-8H,9H2,1-4H3,(H,16,17). The molecule has 1 saturated heterocycles. The van der Waals surface area contributed by atoms with Gasteiger partial charge in [-0.3, -0.25) is 0 Å². The lowest BCUT2D eigenvalue weighted by Gasteiger charge is -2.47. The number of carboxylic acids is 1. The minimum Gasteiger partial charge on any atom is -0.478 e. The summed E-state index contributed by atoms with van der Waals surface area (Å²) in [5, 5.41) is 9.22. The first-order chi connectivity index (χ1) is 8.74. The summed E-state index contributed by atoms with van der Waals surface area (Å²) in [6, 6.07) is 6.80. The van der Waals surface area contributed by atoms with E-state index in [4.69, 9.17) is 9.31 Å². The molecule has 0 saturated carbocycles. The Morgan fingerprint density at radius 1 is 1.26 bits per heavy atom. The Kier molecular flexibility index (Phi) is 3.45. The first-order valence-corrected chi connectivity index (χ1v) is 6.36. The Hall–Kier alpha value is -1.33. The van der Waals surface area contributed by atoms with E-state index in [1.165, 1.54) is 0 Å². The molecule has 0 radical (unpaired) electrons. The second kappa shape index (κ2) is 4.65. The minimum absolute atomic E-state index is 0.123. The third kappa shape index (κ3) is 2.53. The zero-order valence-corrected chi connectivity index (χ0v) is 11.8. The van der Waals surface area contributed by atoms with Gasteiger partial charge >= 0.3 is 13.1 Å². The van der Waals surface area contributed by atoms with Crippen molar-refractivity contribution in [1.82, 2.24) is 0 Å². The Morgan fingerprint density at radius 3 is 2.47 bits per heavy atom. The molecule has 1 aromatic carbocycles. The average molecular weight is 262 g/mol. The van der Waals surface area contributed by atoms with Crippen LogP contribution in [-0.2, 0) is 9.31 Å². The summed E-state index contributed by atoms with van der Waals surface area (Å²) in [5.74, 6) is -0.967. The largest absolute Gasteiger partial charge is 0.495 e. The van der Waals surface area contributed by atoms with Gasteiger partial charge in [-0.1, -0.05) is 32.0 Å². The van der Waals surface area contributed by atoms with Gasteiger partial charge in [0.05, 0.1) is 11.2 Å². The molecule has 5 heteroatoms. The smallest absolute Gasteiger partial charge is 0.478 e. The molecule has 19 heavy (non-hydrogen) atoms. The highest BCUT2D eigenvalue weighted by atomic mass is 16.6. The monoisotopic (exact) mass is 262 g/mol. The van der Waals surface area contributed by atoms with Crippen molar-refractivity contribution >= 4 is 18.6 Å². The van der Waals surface area contributed by atoms with Gasteiger partial charge in [-0.15, -0.1) is 0 Å². The lowest BCUT2D eigenvalue weighted by Crippen LogP contribution is -2.58. The molecule has 102 valence electrons. The van der Waals surface area contributed by atoms with Gasteiger partial charge in [0.1, 0.15) is 0 Å². The summed E-state index contributed by atoms with van der Waals surface area (Å²) in [5.41, 5.74) is 0.282. The van der Waals surface area contributed by atoms with E-state index in [0.29, 0.717) is 12.1 Å². The Labute approximate surface area is 113 Å². The van der Waals surface area contributed by atoms with Crippen molar-refractivity contribution in [1.29, 1.82) is 0 Å². The van der Waals surface area contributed by atoms with E-state index in [1.54, 1.807) is 24.3 Å². The summed E-state index contributed by atoms with van der Waals surface area (Å²) in [6.45, 7) is 8.69.